The predicted molar refractivity (Wildman–Crippen MR) is 69.5 cm³/mol. The molecule has 1 amide bonds. The minimum atomic E-state index is -0.262. The summed E-state index contributed by atoms with van der Waals surface area (Å²) in [6, 6.07) is 8.67. The van der Waals surface area contributed by atoms with Gasteiger partial charge in [0.2, 0.25) is 5.82 Å². The molecule has 3 heterocycles. The van der Waals surface area contributed by atoms with Crippen LogP contribution >= 0.6 is 0 Å². The van der Waals surface area contributed by atoms with Crippen LogP contribution in [0.2, 0.25) is 0 Å². The number of pyridine rings is 1. The number of furan rings is 1. The molecule has 0 unspecified atom stereocenters. The highest BCUT2D eigenvalue weighted by Gasteiger charge is 2.10. The Bertz CT molecular complexity index is 691. The van der Waals surface area contributed by atoms with Gasteiger partial charge in [0, 0.05) is 6.20 Å². The second-order valence-electron chi connectivity index (χ2n) is 3.98. The number of carbonyl (C=O) groups excluding carboxylic acids is 1. The number of hydrogen-bond donors (Lipinski definition) is 2. The zero-order valence-corrected chi connectivity index (χ0v) is 10.4. The van der Waals surface area contributed by atoms with Gasteiger partial charge in [-0.2, -0.15) is 0 Å². The van der Waals surface area contributed by atoms with Gasteiger partial charge in [-0.1, -0.05) is 6.07 Å². The summed E-state index contributed by atoms with van der Waals surface area (Å²) >= 11 is 0. The molecule has 2 N–H and O–H groups in total. The van der Waals surface area contributed by atoms with Crippen molar-refractivity contribution >= 4 is 5.91 Å². The van der Waals surface area contributed by atoms with Gasteiger partial charge in [0.05, 0.1) is 12.8 Å². The fourth-order valence-corrected chi connectivity index (χ4v) is 1.64. The largest absolute Gasteiger partial charge is 0.461 e. The highest BCUT2D eigenvalue weighted by Crippen LogP contribution is 2.14. The Morgan fingerprint density at radius 3 is 3.00 bits per heavy atom. The van der Waals surface area contributed by atoms with Crippen LogP contribution in [0.5, 0.6) is 0 Å². The number of nitrogens with one attached hydrogen (secondary N) is 2. The van der Waals surface area contributed by atoms with Crippen LogP contribution in [0.4, 0.5) is 0 Å². The summed E-state index contributed by atoms with van der Waals surface area (Å²) in [7, 11) is 0. The van der Waals surface area contributed by atoms with Crippen LogP contribution in [-0.4, -0.2) is 26.1 Å². The SMILES string of the molecule is O=C(NCc1nc(-c2ccco2)n[nH]1)c1ccccn1. The number of nitrogens with zero attached hydrogens (tertiary/aromatic N) is 3. The number of aromatic amines is 1. The van der Waals surface area contributed by atoms with Gasteiger partial charge in [0.15, 0.2) is 5.76 Å². The Kier molecular flexibility index (Phi) is 3.24. The third-order valence-corrected chi connectivity index (χ3v) is 2.59. The molecule has 0 atom stereocenters. The first kappa shape index (κ1) is 12.1. The van der Waals surface area contributed by atoms with E-state index in [1.165, 1.54) is 0 Å². The van der Waals surface area contributed by atoms with E-state index in [0.29, 0.717) is 23.1 Å². The third-order valence-electron chi connectivity index (χ3n) is 2.59. The number of amides is 1. The minimum absolute atomic E-state index is 0.239. The highest BCUT2D eigenvalue weighted by molar-refractivity contribution is 5.92. The number of H-pyrrole nitrogens is 1. The zero-order valence-electron chi connectivity index (χ0n) is 10.4. The molecule has 7 heteroatoms. The van der Waals surface area contributed by atoms with Crippen molar-refractivity contribution in [3.8, 4) is 11.6 Å². The van der Waals surface area contributed by atoms with Gasteiger partial charge < -0.3 is 9.73 Å². The van der Waals surface area contributed by atoms with Crippen molar-refractivity contribution in [3.05, 3.63) is 54.3 Å². The van der Waals surface area contributed by atoms with Crippen molar-refractivity contribution in [1.82, 2.24) is 25.5 Å². The second kappa shape index (κ2) is 5.35. The van der Waals surface area contributed by atoms with Crippen LogP contribution in [0.1, 0.15) is 16.3 Å². The molecule has 3 aromatic heterocycles. The van der Waals surface area contributed by atoms with E-state index in [2.05, 4.69) is 25.5 Å². The van der Waals surface area contributed by atoms with Gasteiger partial charge in [-0.05, 0) is 24.3 Å². The molecule has 0 aliphatic carbocycles. The maximum Gasteiger partial charge on any atom is 0.270 e. The average molecular weight is 269 g/mol. The van der Waals surface area contributed by atoms with Crippen molar-refractivity contribution in [2.45, 2.75) is 6.54 Å². The molecule has 100 valence electrons. The molecule has 3 aromatic rings. The summed E-state index contributed by atoms with van der Waals surface area (Å²) in [6.45, 7) is 0.239. The highest BCUT2D eigenvalue weighted by atomic mass is 16.3. The number of rotatable bonds is 4. The summed E-state index contributed by atoms with van der Waals surface area (Å²) in [4.78, 5) is 20.0. The number of carbonyl (C=O) groups is 1. The normalized spacial score (nSPS) is 10.4. The number of aromatic nitrogens is 4. The topological polar surface area (TPSA) is 96.7 Å². The standard InChI is InChI=1S/C13H11N5O2/c19-13(9-4-1-2-6-14-9)15-8-11-16-12(18-17-11)10-5-3-7-20-10/h1-7H,8H2,(H,15,19)(H,16,17,18). The maximum atomic E-state index is 11.8. The smallest absolute Gasteiger partial charge is 0.270 e. The molecule has 0 spiro atoms. The molecule has 3 rings (SSSR count). The molecule has 0 fully saturated rings. The Hall–Kier alpha value is -2.96. The van der Waals surface area contributed by atoms with Crippen molar-refractivity contribution in [2.24, 2.45) is 0 Å². The van der Waals surface area contributed by atoms with Gasteiger partial charge in [-0.3, -0.25) is 14.9 Å². The Morgan fingerprint density at radius 2 is 2.25 bits per heavy atom. The van der Waals surface area contributed by atoms with Crippen LogP contribution in [0.25, 0.3) is 11.6 Å². The Labute approximate surface area is 114 Å². The first-order chi connectivity index (χ1) is 9.83. The summed E-state index contributed by atoms with van der Waals surface area (Å²) in [5.74, 6) is 1.31. The molecule has 0 aromatic carbocycles. The molecule has 0 bridgehead atoms. The first-order valence-electron chi connectivity index (χ1n) is 5.97. The average Bonchev–Trinajstić information content (AvgIpc) is 3.16. The molecule has 7 nitrogen and oxygen atoms in total. The summed E-state index contributed by atoms with van der Waals surface area (Å²) in [5, 5.41) is 9.47. The molecule has 0 aliphatic rings. The maximum absolute atomic E-state index is 11.8. The lowest BCUT2D eigenvalue weighted by molar-refractivity contribution is 0.0945. The fourth-order valence-electron chi connectivity index (χ4n) is 1.64. The van der Waals surface area contributed by atoms with Crippen LogP contribution in [0.15, 0.2) is 47.2 Å². The van der Waals surface area contributed by atoms with E-state index in [1.807, 2.05) is 0 Å². The van der Waals surface area contributed by atoms with Gasteiger partial charge in [0.25, 0.3) is 5.91 Å². The zero-order chi connectivity index (χ0) is 13.8. The summed E-state index contributed by atoms with van der Waals surface area (Å²) < 4.78 is 5.19. The lowest BCUT2D eigenvalue weighted by Crippen LogP contribution is -2.24. The Morgan fingerprint density at radius 1 is 1.30 bits per heavy atom. The first-order valence-corrected chi connectivity index (χ1v) is 5.97. The molecular formula is C13H11N5O2. The monoisotopic (exact) mass is 269 g/mol. The van der Waals surface area contributed by atoms with Crippen molar-refractivity contribution < 1.29 is 9.21 Å². The van der Waals surface area contributed by atoms with Gasteiger partial charge in [-0.25, -0.2) is 4.98 Å². The van der Waals surface area contributed by atoms with Crippen LogP contribution < -0.4 is 5.32 Å². The van der Waals surface area contributed by atoms with Crippen LogP contribution in [0.3, 0.4) is 0 Å². The summed E-state index contributed by atoms with van der Waals surface area (Å²) in [5.41, 5.74) is 0.360. The van der Waals surface area contributed by atoms with Gasteiger partial charge >= 0.3 is 0 Å². The van der Waals surface area contributed by atoms with E-state index >= 15 is 0 Å². The predicted octanol–water partition coefficient (Wildman–Crippen LogP) is 1.39. The van der Waals surface area contributed by atoms with Crippen LogP contribution in [-0.2, 0) is 6.54 Å². The third kappa shape index (κ3) is 2.56. The quantitative estimate of drug-likeness (QED) is 0.746. The molecule has 0 radical (unpaired) electrons. The molecule has 0 aliphatic heterocycles. The molecule has 0 saturated heterocycles. The van der Waals surface area contributed by atoms with Crippen LogP contribution in [0, 0.1) is 0 Å². The molecule has 0 saturated carbocycles. The summed E-state index contributed by atoms with van der Waals surface area (Å²) in [6.07, 6.45) is 3.12. The fraction of sp³-hybridized carbons (Fsp3) is 0.0769. The Balaban J connectivity index is 1.63. The van der Waals surface area contributed by atoms with E-state index in [0.717, 1.165) is 0 Å². The van der Waals surface area contributed by atoms with E-state index in [9.17, 15) is 4.79 Å². The van der Waals surface area contributed by atoms with E-state index < -0.39 is 0 Å². The van der Waals surface area contributed by atoms with E-state index in [4.69, 9.17) is 4.42 Å². The van der Waals surface area contributed by atoms with Crippen molar-refractivity contribution in [1.29, 1.82) is 0 Å². The van der Waals surface area contributed by atoms with Gasteiger partial charge in [0.1, 0.15) is 11.5 Å². The lowest BCUT2D eigenvalue weighted by Gasteiger charge is -2.01. The van der Waals surface area contributed by atoms with Gasteiger partial charge in [-0.15, -0.1) is 5.10 Å². The number of hydrogen-bond acceptors (Lipinski definition) is 5. The van der Waals surface area contributed by atoms with Crippen molar-refractivity contribution in [2.75, 3.05) is 0 Å². The van der Waals surface area contributed by atoms with Crippen molar-refractivity contribution in [3.63, 3.8) is 0 Å². The minimum Gasteiger partial charge on any atom is -0.461 e. The lowest BCUT2D eigenvalue weighted by atomic mass is 10.3. The second-order valence-corrected chi connectivity index (χ2v) is 3.98. The van der Waals surface area contributed by atoms with E-state index in [-0.39, 0.29) is 12.5 Å². The molecular weight excluding hydrogens is 258 g/mol. The molecule has 20 heavy (non-hydrogen) atoms. The van der Waals surface area contributed by atoms with E-state index in [1.54, 1.807) is 42.8 Å².